The van der Waals surface area contributed by atoms with Crippen molar-refractivity contribution in [1.82, 2.24) is 15.0 Å². The number of alkyl halides is 2. The van der Waals surface area contributed by atoms with Crippen LogP contribution in [0.1, 0.15) is 31.7 Å². The van der Waals surface area contributed by atoms with Crippen molar-refractivity contribution in [1.29, 1.82) is 0 Å². The van der Waals surface area contributed by atoms with Crippen LogP contribution >= 0.6 is 0 Å². The molecule has 190 valence electrons. The van der Waals surface area contributed by atoms with Crippen molar-refractivity contribution in [2.24, 2.45) is 0 Å². The zero-order chi connectivity index (χ0) is 25.7. The Morgan fingerprint density at radius 1 is 1.25 bits per heavy atom. The number of amides is 1. The monoisotopic (exact) mass is 501 g/mol. The van der Waals surface area contributed by atoms with Gasteiger partial charge >= 0.3 is 0 Å². The Bertz CT molecular complexity index is 1180. The highest BCUT2D eigenvalue weighted by Crippen LogP contribution is 2.29. The summed E-state index contributed by atoms with van der Waals surface area (Å²) in [6.45, 7) is 2.33. The maximum absolute atomic E-state index is 14.8. The third-order valence-corrected chi connectivity index (χ3v) is 5.65. The lowest BCUT2D eigenvalue weighted by molar-refractivity contribution is -0.117. The fourth-order valence-corrected chi connectivity index (χ4v) is 3.74. The highest BCUT2D eigenvalue weighted by Gasteiger charge is 2.30. The Kier molecular flexibility index (Phi) is 7.56. The van der Waals surface area contributed by atoms with Crippen LogP contribution in [0.15, 0.2) is 55.1 Å². The predicted molar refractivity (Wildman–Crippen MR) is 127 cm³/mol. The molecule has 1 aliphatic heterocycles. The topological polar surface area (TPSA) is 89.5 Å². The van der Waals surface area contributed by atoms with Gasteiger partial charge in [-0.05, 0) is 36.8 Å². The van der Waals surface area contributed by atoms with E-state index in [-0.39, 0.29) is 23.7 Å². The number of hydrogen-bond donors (Lipinski definition) is 1. The van der Waals surface area contributed by atoms with Crippen molar-refractivity contribution in [3.8, 4) is 11.6 Å². The first-order valence-electron chi connectivity index (χ1n) is 11.4. The number of carbonyl (C=O) groups is 1. The molecule has 2 aromatic heterocycles. The molecule has 2 unspecified atom stereocenters. The van der Waals surface area contributed by atoms with Crippen LogP contribution in [0.5, 0.6) is 11.6 Å². The molecule has 0 radical (unpaired) electrons. The number of benzene rings is 1. The number of nitrogens with one attached hydrogen (secondary N) is 1. The minimum absolute atomic E-state index is 0.0191. The van der Waals surface area contributed by atoms with Crippen molar-refractivity contribution in [2.75, 3.05) is 29.9 Å². The molecule has 36 heavy (non-hydrogen) atoms. The molecule has 1 aromatic carbocycles. The van der Waals surface area contributed by atoms with Crippen molar-refractivity contribution in [3.05, 3.63) is 66.5 Å². The molecule has 3 aromatic rings. The molecule has 3 heterocycles. The highest BCUT2D eigenvalue weighted by molar-refractivity contribution is 5.95. The van der Waals surface area contributed by atoms with Gasteiger partial charge in [0.25, 0.3) is 11.8 Å². The summed E-state index contributed by atoms with van der Waals surface area (Å²) in [7, 11) is 0. The largest absolute Gasteiger partial charge is 0.489 e. The summed E-state index contributed by atoms with van der Waals surface area (Å²) in [4.78, 5) is 25.8. The minimum Gasteiger partial charge on any atom is -0.489 e. The number of anilines is 2. The fraction of sp³-hybridized carbons (Fsp3) is 0.360. The Hall–Kier alpha value is -3.89. The van der Waals surface area contributed by atoms with E-state index >= 15 is 0 Å². The van der Waals surface area contributed by atoms with Crippen LogP contribution in [-0.2, 0) is 4.79 Å². The third-order valence-electron chi connectivity index (χ3n) is 5.65. The summed E-state index contributed by atoms with van der Waals surface area (Å²) in [6, 6.07) is 10.7. The number of pyridine rings is 1. The molecule has 11 heteroatoms. The number of hydrogen-bond acceptors (Lipinski definition) is 7. The number of halogens is 3. The van der Waals surface area contributed by atoms with Gasteiger partial charge in [-0.3, -0.25) is 9.78 Å². The standard InChI is InChI=1S/C25H26F3N5O3/c1-16(23(34)32-18-4-3-10-29-12-18)17-5-7-19(8-6-17)36-20-9-11-33(13-20)22-21(26)24(31-15-30-22)35-14-25(2,27)28/h3-8,10,12,15-16,20H,9,11,13-14H2,1-2H3,(H,32,34). The number of ether oxygens (including phenoxy) is 2. The number of carbonyl (C=O) groups excluding carboxylic acids is 1. The van der Waals surface area contributed by atoms with Crippen molar-refractivity contribution < 1.29 is 27.4 Å². The van der Waals surface area contributed by atoms with Crippen LogP contribution in [0, 0.1) is 5.82 Å². The van der Waals surface area contributed by atoms with Gasteiger partial charge in [0, 0.05) is 26.1 Å². The molecule has 1 aliphatic rings. The van der Waals surface area contributed by atoms with E-state index in [0.29, 0.717) is 37.9 Å². The quantitative estimate of drug-likeness (QED) is 0.464. The number of rotatable bonds is 9. The molecular formula is C25H26F3N5O3. The van der Waals surface area contributed by atoms with E-state index in [1.165, 1.54) is 0 Å². The van der Waals surface area contributed by atoms with Gasteiger partial charge in [-0.15, -0.1) is 0 Å². The molecule has 4 rings (SSSR count). The van der Waals surface area contributed by atoms with E-state index in [4.69, 9.17) is 9.47 Å². The van der Waals surface area contributed by atoms with Gasteiger partial charge in [0.15, 0.2) is 12.4 Å². The molecule has 2 atom stereocenters. The second-order valence-corrected chi connectivity index (χ2v) is 8.67. The van der Waals surface area contributed by atoms with E-state index in [2.05, 4.69) is 20.3 Å². The van der Waals surface area contributed by atoms with Gasteiger partial charge in [0.05, 0.1) is 24.3 Å². The zero-order valence-corrected chi connectivity index (χ0v) is 19.8. The van der Waals surface area contributed by atoms with E-state index in [1.807, 2.05) is 19.1 Å². The normalized spacial score (nSPS) is 16.5. The average molecular weight is 502 g/mol. The van der Waals surface area contributed by atoms with Crippen LogP contribution in [0.25, 0.3) is 0 Å². The summed E-state index contributed by atoms with van der Waals surface area (Å²) >= 11 is 0. The lowest BCUT2D eigenvalue weighted by Gasteiger charge is -2.20. The summed E-state index contributed by atoms with van der Waals surface area (Å²) in [5, 5.41) is 2.83. The molecule has 1 fully saturated rings. The summed E-state index contributed by atoms with van der Waals surface area (Å²) in [6.07, 6.45) is 4.67. The zero-order valence-electron chi connectivity index (χ0n) is 19.8. The fourth-order valence-electron chi connectivity index (χ4n) is 3.74. The summed E-state index contributed by atoms with van der Waals surface area (Å²) < 4.78 is 51.7. The van der Waals surface area contributed by atoms with Crippen molar-refractivity contribution in [3.63, 3.8) is 0 Å². The smallest absolute Gasteiger partial charge is 0.278 e. The van der Waals surface area contributed by atoms with Gasteiger partial charge in [-0.1, -0.05) is 12.1 Å². The first-order valence-corrected chi connectivity index (χ1v) is 11.4. The highest BCUT2D eigenvalue weighted by atomic mass is 19.3. The van der Waals surface area contributed by atoms with Gasteiger partial charge < -0.3 is 19.7 Å². The molecule has 0 saturated carbocycles. The van der Waals surface area contributed by atoms with E-state index < -0.39 is 24.2 Å². The second-order valence-electron chi connectivity index (χ2n) is 8.67. The molecule has 0 spiro atoms. The minimum atomic E-state index is -3.11. The predicted octanol–water partition coefficient (Wildman–Crippen LogP) is 4.44. The average Bonchev–Trinajstić information content (AvgIpc) is 3.31. The number of aromatic nitrogens is 3. The summed E-state index contributed by atoms with van der Waals surface area (Å²) in [5.41, 5.74) is 1.45. The van der Waals surface area contributed by atoms with Gasteiger partial charge in [-0.25, -0.2) is 13.8 Å². The Morgan fingerprint density at radius 3 is 2.72 bits per heavy atom. The molecule has 1 N–H and O–H groups in total. The van der Waals surface area contributed by atoms with E-state index in [9.17, 15) is 18.0 Å². The molecular weight excluding hydrogens is 475 g/mol. The first kappa shape index (κ1) is 25.2. The van der Waals surface area contributed by atoms with E-state index in [1.54, 1.807) is 41.6 Å². The lowest BCUT2D eigenvalue weighted by Crippen LogP contribution is -2.27. The van der Waals surface area contributed by atoms with E-state index in [0.717, 1.165) is 11.9 Å². The SMILES string of the molecule is CC(C(=O)Nc1cccnc1)c1ccc(OC2CCN(c3ncnc(OCC(C)(F)F)c3F)C2)cc1. The van der Waals surface area contributed by atoms with Crippen molar-refractivity contribution >= 4 is 17.4 Å². The van der Waals surface area contributed by atoms with Gasteiger partial charge in [-0.2, -0.15) is 9.37 Å². The Morgan fingerprint density at radius 2 is 2.03 bits per heavy atom. The molecule has 1 saturated heterocycles. The van der Waals surface area contributed by atoms with Crippen molar-refractivity contribution in [2.45, 2.75) is 38.2 Å². The van der Waals surface area contributed by atoms with Crippen LogP contribution in [0.4, 0.5) is 24.7 Å². The Labute approximate surface area is 206 Å². The summed E-state index contributed by atoms with van der Waals surface area (Å²) in [5.74, 6) is -4.45. The molecule has 0 bridgehead atoms. The maximum Gasteiger partial charge on any atom is 0.278 e. The van der Waals surface area contributed by atoms with Crippen LogP contribution in [-0.4, -0.2) is 52.6 Å². The third kappa shape index (κ3) is 6.41. The lowest BCUT2D eigenvalue weighted by atomic mass is 10.0. The molecule has 0 aliphatic carbocycles. The number of nitrogens with zero attached hydrogens (tertiary/aromatic N) is 4. The second kappa shape index (κ2) is 10.8. The molecule has 1 amide bonds. The van der Waals surface area contributed by atoms with Crippen LogP contribution < -0.4 is 19.7 Å². The van der Waals surface area contributed by atoms with Crippen LogP contribution in [0.2, 0.25) is 0 Å². The molecule has 8 nitrogen and oxygen atoms in total. The maximum atomic E-state index is 14.8. The van der Waals surface area contributed by atoms with Gasteiger partial charge in [0.2, 0.25) is 11.7 Å². The Balaban J connectivity index is 1.33. The van der Waals surface area contributed by atoms with Gasteiger partial charge in [0.1, 0.15) is 18.2 Å². The first-order chi connectivity index (χ1) is 17.2. The van der Waals surface area contributed by atoms with Crippen LogP contribution in [0.3, 0.4) is 0 Å².